The van der Waals surface area contributed by atoms with Gasteiger partial charge in [-0.1, -0.05) is 48.5 Å². The Labute approximate surface area is 181 Å². The first-order valence-corrected chi connectivity index (χ1v) is 10.2. The van der Waals surface area contributed by atoms with Crippen LogP contribution >= 0.6 is 0 Å². The van der Waals surface area contributed by atoms with Crippen molar-refractivity contribution < 1.29 is 20.1 Å². The monoisotopic (exact) mass is 412 g/mol. The lowest BCUT2D eigenvalue weighted by Crippen LogP contribution is -2.05. The van der Waals surface area contributed by atoms with Crippen molar-refractivity contribution >= 4 is 0 Å². The topological polar surface area (TPSA) is 69.9 Å². The van der Waals surface area contributed by atoms with E-state index in [-0.39, 0.29) is 23.2 Å². The summed E-state index contributed by atoms with van der Waals surface area (Å²) in [6.07, 6.45) is 0. The Bertz CT molecular complexity index is 1100. The molecule has 0 spiro atoms. The van der Waals surface area contributed by atoms with E-state index in [1.807, 2.05) is 55.5 Å². The van der Waals surface area contributed by atoms with Gasteiger partial charge < -0.3 is 20.1 Å². The molecule has 0 radical (unpaired) electrons. The van der Waals surface area contributed by atoms with Gasteiger partial charge in [-0.05, 0) is 71.6 Å². The second-order valence-electron chi connectivity index (χ2n) is 7.35. The highest BCUT2D eigenvalue weighted by Gasteiger charge is 2.19. The Balaban J connectivity index is 1.84. The van der Waals surface area contributed by atoms with Crippen LogP contribution < -0.4 is 4.74 Å². The third kappa shape index (κ3) is 4.48. The average molecular weight is 412 g/mol. The van der Waals surface area contributed by atoms with Gasteiger partial charge in [0, 0.05) is 11.5 Å². The van der Waals surface area contributed by atoms with Crippen LogP contribution in [-0.4, -0.2) is 21.9 Å². The van der Waals surface area contributed by atoms with Gasteiger partial charge in [0.25, 0.3) is 0 Å². The number of phenols is 3. The predicted molar refractivity (Wildman–Crippen MR) is 122 cm³/mol. The standard InChI is InChI=1S/C27H24O4/c1-2-31-26-17-21(9-16-25(26)18-3-10-22(28)11-4-18)27(19-5-12-23(29)13-6-19)20-7-14-24(30)15-8-20/h3-17,27-30H,2H2,1H3. The Morgan fingerprint density at radius 2 is 1.06 bits per heavy atom. The van der Waals surface area contributed by atoms with Crippen molar-refractivity contribution in [3.05, 3.63) is 108 Å². The highest BCUT2D eigenvalue weighted by atomic mass is 16.5. The molecule has 0 atom stereocenters. The summed E-state index contributed by atoms with van der Waals surface area (Å²) in [5.41, 5.74) is 4.97. The van der Waals surface area contributed by atoms with Crippen molar-refractivity contribution in [1.29, 1.82) is 0 Å². The van der Waals surface area contributed by atoms with Crippen LogP contribution in [-0.2, 0) is 0 Å². The van der Waals surface area contributed by atoms with Gasteiger partial charge in [0.2, 0.25) is 0 Å². The van der Waals surface area contributed by atoms with Gasteiger partial charge >= 0.3 is 0 Å². The summed E-state index contributed by atoms with van der Waals surface area (Å²) < 4.78 is 5.98. The van der Waals surface area contributed by atoms with Crippen LogP contribution in [0.3, 0.4) is 0 Å². The van der Waals surface area contributed by atoms with Crippen molar-refractivity contribution in [3.8, 4) is 34.1 Å². The zero-order valence-electron chi connectivity index (χ0n) is 17.2. The Morgan fingerprint density at radius 3 is 1.55 bits per heavy atom. The van der Waals surface area contributed by atoms with E-state index in [0.717, 1.165) is 33.6 Å². The number of phenolic OH excluding ortho intramolecular Hbond substituents is 3. The second-order valence-corrected chi connectivity index (χ2v) is 7.35. The summed E-state index contributed by atoms with van der Waals surface area (Å²) in [6.45, 7) is 2.47. The number of rotatable bonds is 6. The molecule has 0 aliphatic heterocycles. The van der Waals surface area contributed by atoms with Gasteiger partial charge in [0.05, 0.1) is 6.61 Å². The van der Waals surface area contributed by atoms with Crippen LogP contribution in [0.15, 0.2) is 91.0 Å². The molecule has 4 aromatic rings. The summed E-state index contributed by atoms with van der Waals surface area (Å²) in [5.74, 6) is 1.30. The molecular formula is C27H24O4. The Morgan fingerprint density at radius 1 is 0.613 bits per heavy atom. The van der Waals surface area contributed by atoms with Gasteiger partial charge in [-0.3, -0.25) is 0 Å². The second kappa shape index (κ2) is 8.84. The number of hydrogen-bond donors (Lipinski definition) is 3. The third-order valence-corrected chi connectivity index (χ3v) is 5.27. The Hall–Kier alpha value is -3.92. The molecule has 0 bridgehead atoms. The minimum atomic E-state index is -0.103. The predicted octanol–water partition coefficient (Wildman–Crippen LogP) is 6.05. The van der Waals surface area contributed by atoms with E-state index >= 15 is 0 Å². The highest BCUT2D eigenvalue weighted by molar-refractivity contribution is 5.72. The molecule has 4 rings (SSSR count). The van der Waals surface area contributed by atoms with Gasteiger partial charge in [-0.2, -0.15) is 0 Å². The molecule has 0 aromatic heterocycles. The van der Waals surface area contributed by atoms with Crippen LogP contribution in [0.5, 0.6) is 23.0 Å². The zero-order chi connectivity index (χ0) is 21.8. The molecule has 0 saturated heterocycles. The summed E-state index contributed by atoms with van der Waals surface area (Å²) in [7, 11) is 0. The summed E-state index contributed by atoms with van der Waals surface area (Å²) in [5, 5.41) is 29.1. The van der Waals surface area contributed by atoms with Crippen molar-refractivity contribution in [3.63, 3.8) is 0 Å². The third-order valence-electron chi connectivity index (χ3n) is 5.27. The van der Waals surface area contributed by atoms with E-state index < -0.39 is 0 Å². The molecular weight excluding hydrogens is 388 g/mol. The lowest BCUT2D eigenvalue weighted by molar-refractivity contribution is 0.341. The molecule has 0 heterocycles. The fraction of sp³-hybridized carbons (Fsp3) is 0.111. The fourth-order valence-corrected chi connectivity index (χ4v) is 3.78. The largest absolute Gasteiger partial charge is 0.508 e. The van der Waals surface area contributed by atoms with E-state index in [9.17, 15) is 15.3 Å². The average Bonchev–Trinajstić information content (AvgIpc) is 2.78. The van der Waals surface area contributed by atoms with Gasteiger partial charge in [-0.25, -0.2) is 0 Å². The van der Waals surface area contributed by atoms with E-state index in [0.29, 0.717) is 6.61 Å². The molecule has 4 aromatic carbocycles. The highest BCUT2D eigenvalue weighted by Crippen LogP contribution is 2.39. The van der Waals surface area contributed by atoms with Crippen molar-refractivity contribution in [2.45, 2.75) is 12.8 Å². The Kier molecular flexibility index (Phi) is 5.80. The molecule has 0 aliphatic rings. The maximum atomic E-state index is 9.74. The van der Waals surface area contributed by atoms with Gasteiger partial charge in [0.15, 0.2) is 0 Å². The maximum Gasteiger partial charge on any atom is 0.127 e. The molecule has 3 N–H and O–H groups in total. The normalized spacial score (nSPS) is 10.9. The maximum absolute atomic E-state index is 9.74. The zero-order valence-corrected chi connectivity index (χ0v) is 17.2. The molecule has 156 valence electrons. The molecule has 0 aliphatic carbocycles. The molecule has 31 heavy (non-hydrogen) atoms. The first-order chi connectivity index (χ1) is 15.0. The van der Waals surface area contributed by atoms with Crippen molar-refractivity contribution in [1.82, 2.24) is 0 Å². The summed E-state index contributed by atoms with van der Waals surface area (Å²) in [4.78, 5) is 0. The quantitative estimate of drug-likeness (QED) is 0.337. The van der Waals surface area contributed by atoms with E-state index in [4.69, 9.17) is 4.74 Å². The first kappa shape index (κ1) is 20.4. The van der Waals surface area contributed by atoms with Crippen LogP contribution in [0.4, 0.5) is 0 Å². The lowest BCUT2D eigenvalue weighted by atomic mass is 9.84. The molecule has 4 nitrogen and oxygen atoms in total. The molecule has 0 fully saturated rings. The number of aromatic hydroxyl groups is 3. The smallest absolute Gasteiger partial charge is 0.127 e. The van der Waals surface area contributed by atoms with Crippen LogP contribution in [0, 0.1) is 0 Å². The van der Waals surface area contributed by atoms with E-state index in [1.165, 1.54) is 0 Å². The van der Waals surface area contributed by atoms with Crippen LogP contribution in [0.2, 0.25) is 0 Å². The lowest BCUT2D eigenvalue weighted by Gasteiger charge is -2.21. The minimum absolute atomic E-state index is 0.103. The van der Waals surface area contributed by atoms with E-state index in [1.54, 1.807) is 36.4 Å². The van der Waals surface area contributed by atoms with Crippen molar-refractivity contribution in [2.75, 3.05) is 6.61 Å². The number of benzene rings is 4. The fourth-order valence-electron chi connectivity index (χ4n) is 3.78. The van der Waals surface area contributed by atoms with Gasteiger partial charge in [0.1, 0.15) is 23.0 Å². The molecule has 4 heteroatoms. The van der Waals surface area contributed by atoms with Crippen LogP contribution in [0.1, 0.15) is 29.5 Å². The number of hydrogen-bond acceptors (Lipinski definition) is 4. The summed E-state index contributed by atoms with van der Waals surface area (Å²) in [6, 6.07) is 27.5. The van der Waals surface area contributed by atoms with Crippen LogP contribution in [0.25, 0.3) is 11.1 Å². The number of ether oxygens (including phenoxy) is 1. The summed E-state index contributed by atoms with van der Waals surface area (Å²) >= 11 is 0. The molecule has 0 unspecified atom stereocenters. The minimum Gasteiger partial charge on any atom is -0.508 e. The first-order valence-electron chi connectivity index (χ1n) is 10.2. The van der Waals surface area contributed by atoms with Crippen molar-refractivity contribution in [2.24, 2.45) is 0 Å². The SMILES string of the molecule is CCOc1cc(C(c2ccc(O)cc2)c2ccc(O)cc2)ccc1-c1ccc(O)cc1. The van der Waals surface area contributed by atoms with Gasteiger partial charge in [-0.15, -0.1) is 0 Å². The molecule has 0 amide bonds. The van der Waals surface area contributed by atoms with E-state index in [2.05, 4.69) is 6.07 Å². The molecule has 0 saturated carbocycles.